The smallest absolute Gasteiger partial charge is 0.302 e. The summed E-state index contributed by atoms with van der Waals surface area (Å²) in [5.41, 5.74) is 0.933. The summed E-state index contributed by atoms with van der Waals surface area (Å²) >= 11 is 0. The van der Waals surface area contributed by atoms with E-state index in [9.17, 15) is 9.90 Å². The summed E-state index contributed by atoms with van der Waals surface area (Å²) in [6, 6.07) is 7.62. The van der Waals surface area contributed by atoms with Crippen LogP contribution in [0, 0.1) is 5.92 Å². The van der Waals surface area contributed by atoms with Crippen molar-refractivity contribution in [1.29, 1.82) is 0 Å². The number of phenolic OH excluding ortho intramolecular Hbond substituents is 1. The van der Waals surface area contributed by atoms with Crippen molar-refractivity contribution < 1.29 is 14.6 Å². The van der Waals surface area contributed by atoms with Crippen molar-refractivity contribution in [2.75, 3.05) is 13.1 Å². The molecule has 0 aromatic heterocycles. The molecule has 0 radical (unpaired) electrons. The van der Waals surface area contributed by atoms with Gasteiger partial charge in [0, 0.05) is 6.92 Å². The zero-order chi connectivity index (χ0) is 14.1. The van der Waals surface area contributed by atoms with Gasteiger partial charge in [0.05, 0.1) is 6.04 Å². The van der Waals surface area contributed by atoms with Gasteiger partial charge in [-0.2, -0.15) is 0 Å². The Hall–Kier alpha value is -1.55. The fourth-order valence-electron chi connectivity index (χ4n) is 3.62. The van der Waals surface area contributed by atoms with Crippen molar-refractivity contribution in [2.45, 2.75) is 38.3 Å². The summed E-state index contributed by atoms with van der Waals surface area (Å²) in [5.74, 6) is 0.600. The Morgan fingerprint density at radius 1 is 1.35 bits per heavy atom. The largest absolute Gasteiger partial charge is 0.508 e. The first-order valence-corrected chi connectivity index (χ1v) is 7.33. The van der Waals surface area contributed by atoms with Crippen LogP contribution in [0.3, 0.4) is 0 Å². The molecule has 2 unspecified atom stereocenters. The quantitative estimate of drug-likeness (QED) is 0.857. The summed E-state index contributed by atoms with van der Waals surface area (Å²) in [7, 11) is 0. The molecule has 0 amide bonds. The highest BCUT2D eigenvalue weighted by Gasteiger charge is 2.44. The predicted octanol–water partition coefficient (Wildman–Crippen LogP) is 1.96. The van der Waals surface area contributed by atoms with Crippen LogP contribution < -0.4 is 0 Å². The van der Waals surface area contributed by atoms with Crippen molar-refractivity contribution in [3.05, 3.63) is 29.8 Å². The summed E-state index contributed by atoms with van der Waals surface area (Å²) in [4.78, 5) is 13.8. The van der Waals surface area contributed by atoms with Gasteiger partial charge in [0.25, 0.3) is 0 Å². The Morgan fingerprint density at radius 2 is 2.05 bits per heavy atom. The monoisotopic (exact) mass is 275 g/mol. The Kier molecular flexibility index (Phi) is 3.66. The number of fused-ring (bicyclic) bond motifs is 3. The number of nitrogens with zero attached hydrogens (tertiary/aromatic N) is 1. The van der Waals surface area contributed by atoms with Gasteiger partial charge in [-0.25, -0.2) is 0 Å². The number of aromatic hydroxyl groups is 1. The molecule has 0 aliphatic carbocycles. The molecule has 4 nitrogen and oxygen atoms in total. The van der Waals surface area contributed by atoms with E-state index in [1.54, 1.807) is 6.07 Å². The average molecular weight is 275 g/mol. The van der Waals surface area contributed by atoms with E-state index in [0.29, 0.717) is 11.7 Å². The van der Waals surface area contributed by atoms with Gasteiger partial charge in [0.1, 0.15) is 11.9 Å². The van der Waals surface area contributed by atoms with E-state index in [1.807, 2.05) is 18.2 Å². The number of carbonyl (C=O) groups excluding carboxylic acids is 1. The Bertz CT molecular complexity index is 494. The highest BCUT2D eigenvalue weighted by atomic mass is 16.5. The lowest BCUT2D eigenvalue weighted by atomic mass is 9.78. The van der Waals surface area contributed by atoms with Crippen LogP contribution >= 0.6 is 0 Å². The first-order valence-electron chi connectivity index (χ1n) is 7.33. The molecule has 0 spiro atoms. The third kappa shape index (κ3) is 2.52. The van der Waals surface area contributed by atoms with Crippen LogP contribution in [-0.2, 0) is 16.0 Å². The molecule has 2 bridgehead atoms. The zero-order valence-corrected chi connectivity index (χ0v) is 11.8. The molecule has 3 aliphatic rings. The second kappa shape index (κ2) is 5.44. The van der Waals surface area contributed by atoms with Crippen LogP contribution in [0.2, 0.25) is 0 Å². The lowest BCUT2D eigenvalue weighted by molar-refractivity contribution is -0.163. The molecule has 1 aromatic carbocycles. The zero-order valence-electron chi connectivity index (χ0n) is 11.8. The Labute approximate surface area is 119 Å². The van der Waals surface area contributed by atoms with Crippen molar-refractivity contribution in [2.24, 2.45) is 5.92 Å². The third-order valence-corrected chi connectivity index (χ3v) is 4.61. The average Bonchev–Trinajstić information content (AvgIpc) is 2.44. The second-order valence-electron chi connectivity index (χ2n) is 5.85. The highest BCUT2D eigenvalue weighted by molar-refractivity contribution is 5.66. The number of rotatable bonds is 3. The first kappa shape index (κ1) is 13.4. The molecule has 108 valence electrons. The maximum absolute atomic E-state index is 11.4. The molecule has 1 aromatic rings. The number of para-hydroxylation sites is 1. The van der Waals surface area contributed by atoms with E-state index in [0.717, 1.165) is 37.9 Å². The number of esters is 1. The molecule has 3 fully saturated rings. The van der Waals surface area contributed by atoms with Gasteiger partial charge < -0.3 is 9.84 Å². The topological polar surface area (TPSA) is 49.8 Å². The van der Waals surface area contributed by atoms with Crippen LogP contribution in [-0.4, -0.2) is 41.2 Å². The Morgan fingerprint density at radius 3 is 2.70 bits per heavy atom. The predicted molar refractivity (Wildman–Crippen MR) is 75.4 cm³/mol. The molecule has 20 heavy (non-hydrogen) atoms. The number of benzene rings is 1. The van der Waals surface area contributed by atoms with E-state index >= 15 is 0 Å². The SMILES string of the molecule is CC(=O)OC1C2CCN(CC2)C1Cc1ccccc1O. The van der Waals surface area contributed by atoms with Gasteiger partial charge in [-0.15, -0.1) is 0 Å². The summed E-state index contributed by atoms with van der Waals surface area (Å²) in [6.45, 7) is 3.62. The maximum Gasteiger partial charge on any atom is 0.302 e. The molecule has 4 rings (SSSR count). The van der Waals surface area contributed by atoms with Gasteiger partial charge in [0.15, 0.2) is 0 Å². The van der Waals surface area contributed by atoms with E-state index in [2.05, 4.69) is 4.90 Å². The van der Waals surface area contributed by atoms with Gasteiger partial charge in [-0.05, 0) is 49.9 Å². The van der Waals surface area contributed by atoms with Crippen LogP contribution in [0.25, 0.3) is 0 Å². The van der Waals surface area contributed by atoms with Crippen LogP contribution in [0.4, 0.5) is 0 Å². The summed E-state index contributed by atoms with van der Waals surface area (Å²) in [5, 5.41) is 9.95. The van der Waals surface area contributed by atoms with E-state index in [1.165, 1.54) is 6.92 Å². The third-order valence-electron chi connectivity index (χ3n) is 4.61. The maximum atomic E-state index is 11.4. The molecule has 3 saturated heterocycles. The van der Waals surface area contributed by atoms with Gasteiger partial charge in [-0.1, -0.05) is 18.2 Å². The first-order chi connectivity index (χ1) is 9.65. The van der Waals surface area contributed by atoms with Gasteiger partial charge in [0.2, 0.25) is 0 Å². The van der Waals surface area contributed by atoms with Crippen molar-refractivity contribution in [3.63, 3.8) is 0 Å². The fraction of sp³-hybridized carbons (Fsp3) is 0.562. The number of hydrogen-bond acceptors (Lipinski definition) is 4. The van der Waals surface area contributed by atoms with Gasteiger partial charge in [-0.3, -0.25) is 9.69 Å². The molecular formula is C16H21NO3. The van der Waals surface area contributed by atoms with Crippen LogP contribution in [0.5, 0.6) is 5.75 Å². The highest BCUT2D eigenvalue weighted by Crippen LogP contribution is 2.36. The van der Waals surface area contributed by atoms with Gasteiger partial charge >= 0.3 is 5.97 Å². The number of ether oxygens (including phenoxy) is 1. The normalized spacial score (nSPS) is 32.0. The van der Waals surface area contributed by atoms with E-state index in [-0.39, 0.29) is 18.1 Å². The summed E-state index contributed by atoms with van der Waals surface area (Å²) < 4.78 is 5.59. The van der Waals surface area contributed by atoms with Crippen LogP contribution in [0.15, 0.2) is 24.3 Å². The fourth-order valence-corrected chi connectivity index (χ4v) is 3.62. The number of carbonyl (C=O) groups is 1. The van der Waals surface area contributed by atoms with Crippen molar-refractivity contribution >= 4 is 5.97 Å². The number of hydrogen-bond donors (Lipinski definition) is 1. The molecule has 0 saturated carbocycles. The molecule has 4 heteroatoms. The number of piperidine rings is 3. The minimum absolute atomic E-state index is 0.0328. The molecular weight excluding hydrogens is 254 g/mol. The van der Waals surface area contributed by atoms with Crippen LogP contribution in [0.1, 0.15) is 25.3 Å². The lowest BCUT2D eigenvalue weighted by Gasteiger charge is -2.50. The number of phenols is 1. The minimum Gasteiger partial charge on any atom is -0.508 e. The summed E-state index contributed by atoms with van der Waals surface area (Å²) in [6.07, 6.45) is 2.92. The lowest BCUT2D eigenvalue weighted by Crippen LogP contribution is -2.59. The molecule has 3 heterocycles. The van der Waals surface area contributed by atoms with E-state index in [4.69, 9.17) is 4.74 Å². The minimum atomic E-state index is -0.203. The van der Waals surface area contributed by atoms with E-state index < -0.39 is 0 Å². The van der Waals surface area contributed by atoms with Crippen molar-refractivity contribution in [1.82, 2.24) is 4.90 Å². The molecule has 1 N–H and O–H groups in total. The molecule has 3 aliphatic heterocycles. The Balaban J connectivity index is 1.81. The second-order valence-corrected chi connectivity index (χ2v) is 5.85. The molecule has 2 atom stereocenters. The standard InChI is InChI=1S/C16H21NO3/c1-11(18)20-16-12-6-8-17(9-7-12)14(16)10-13-4-2-3-5-15(13)19/h2-5,12,14,16,19H,6-10H2,1H3. The van der Waals surface area contributed by atoms with Crippen molar-refractivity contribution in [3.8, 4) is 5.75 Å².